The van der Waals surface area contributed by atoms with Crippen molar-refractivity contribution >= 4 is 0 Å². The van der Waals surface area contributed by atoms with Crippen LogP contribution in [0.4, 0.5) is 0 Å². The maximum absolute atomic E-state index is 5.78. The van der Waals surface area contributed by atoms with Crippen molar-refractivity contribution in [1.29, 1.82) is 0 Å². The van der Waals surface area contributed by atoms with Gasteiger partial charge in [-0.3, -0.25) is 0 Å². The second-order valence-electron chi connectivity index (χ2n) is 5.58. The van der Waals surface area contributed by atoms with Gasteiger partial charge < -0.3 is 5.73 Å². The molecule has 0 spiro atoms. The quantitative estimate of drug-likeness (QED) is 0.504. The monoisotopic (exact) mass is 311 g/mol. The van der Waals surface area contributed by atoms with E-state index in [1.165, 1.54) is 16.7 Å². The van der Waals surface area contributed by atoms with Crippen molar-refractivity contribution in [3.63, 3.8) is 0 Å². The molecule has 0 aliphatic heterocycles. The molecule has 2 N–H and O–H groups in total. The number of allylic oxidation sites excluding steroid dienone is 11. The first-order chi connectivity index (χ1) is 11.0. The van der Waals surface area contributed by atoms with Crippen molar-refractivity contribution in [2.45, 2.75) is 47.5 Å². The Labute approximate surface area is 143 Å². The third-order valence-corrected chi connectivity index (χ3v) is 3.71. The van der Waals surface area contributed by atoms with Crippen LogP contribution >= 0.6 is 0 Å². The fraction of sp³-hybridized carbons (Fsp3) is 0.364. The summed E-state index contributed by atoms with van der Waals surface area (Å²) in [6.07, 6.45) is 14.5. The highest BCUT2D eigenvalue weighted by Crippen LogP contribution is 2.26. The second-order valence-corrected chi connectivity index (χ2v) is 5.58. The first-order valence-corrected chi connectivity index (χ1v) is 8.36. The van der Waals surface area contributed by atoms with Crippen molar-refractivity contribution in [3.05, 3.63) is 83.1 Å². The highest BCUT2D eigenvalue weighted by atomic mass is 14.5. The number of nitrogens with two attached hydrogens (primary N) is 1. The normalized spacial score (nSPS) is 15.0. The van der Waals surface area contributed by atoms with Crippen LogP contribution in [0.25, 0.3) is 0 Å². The van der Waals surface area contributed by atoms with Crippen LogP contribution in [0.15, 0.2) is 83.1 Å². The van der Waals surface area contributed by atoms with E-state index in [0.29, 0.717) is 6.54 Å². The van der Waals surface area contributed by atoms with E-state index in [1.807, 2.05) is 19.1 Å². The molecule has 0 aliphatic rings. The van der Waals surface area contributed by atoms with Gasteiger partial charge in [-0.2, -0.15) is 0 Å². The van der Waals surface area contributed by atoms with Gasteiger partial charge in [0, 0.05) is 6.54 Å². The maximum atomic E-state index is 5.78. The van der Waals surface area contributed by atoms with Crippen LogP contribution in [0.5, 0.6) is 0 Å². The Morgan fingerprint density at radius 3 is 2.26 bits per heavy atom. The summed E-state index contributed by atoms with van der Waals surface area (Å²) in [5.74, 6) is 0. The predicted octanol–water partition coefficient (Wildman–Crippen LogP) is 6.20. The Kier molecular flexibility index (Phi) is 10.7. The first-order valence-electron chi connectivity index (χ1n) is 8.36. The molecular formula is C22H33N. The van der Waals surface area contributed by atoms with Crippen molar-refractivity contribution in [2.75, 3.05) is 6.54 Å². The fourth-order valence-electron chi connectivity index (χ4n) is 2.67. The molecule has 0 fully saturated rings. The average Bonchev–Trinajstić information content (AvgIpc) is 2.49. The largest absolute Gasteiger partial charge is 0.327 e. The van der Waals surface area contributed by atoms with E-state index in [0.717, 1.165) is 29.6 Å². The third-order valence-electron chi connectivity index (χ3n) is 3.71. The summed E-state index contributed by atoms with van der Waals surface area (Å²) in [5, 5.41) is 0. The first kappa shape index (κ1) is 21.1. The van der Waals surface area contributed by atoms with Gasteiger partial charge in [-0.15, -0.1) is 0 Å². The van der Waals surface area contributed by atoms with E-state index >= 15 is 0 Å². The summed E-state index contributed by atoms with van der Waals surface area (Å²) >= 11 is 0. The number of hydrogen-bond acceptors (Lipinski definition) is 1. The molecule has 126 valence electrons. The molecule has 0 rings (SSSR count). The van der Waals surface area contributed by atoms with E-state index in [4.69, 9.17) is 5.73 Å². The van der Waals surface area contributed by atoms with Gasteiger partial charge in [0.2, 0.25) is 0 Å². The van der Waals surface area contributed by atoms with E-state index in [2.05, 4.69) is 65.2 Å². The highest BCUT2D eigenvalue weighted by molar-refractivity contribution is 5.55. The summed E-state index contributed by atoms with van der Waals surface area (Å²) < 4.78 is 0. The maximum Gasteiger partial charge on any atom is 0.0115 e. The lowest BCUT2D eigenvalue weighted by molar-refractivity contribution is 0.917. The van der Waals surface area contributed by atoms with Crippen molar-refractivity contribution in [3.8, 4) is 0 Å². The minimum absolute atomic E-state index is 0.511. The van der Waals surface area contributed by atoms with Gasteiger partial charge in [0.15, 0.2) is 0 Å². The van der Waals surface area contributed by atoms with Gasteiger partial charge >= 0.3 is 0 Å². The molecule has 0 saturated heterocycles. The molecule has 23 heavy (non-hydrogen) atoms. The molecule has 0 atom stereocenters. The highest BCUT2D eigenvalue weighted by Gasteiger charge is 2.08. The summed E-state index contributed by atoms with van der Waals surface area (Å²) in [6.45, 7) is 19.2. The van der Waals surface area contributed by atoms with Gasteiger partial charge in [-0.05, 0) is 67.6 Å². The fourth-order valence-corrected chi connectivity index (χ4v) is 2.67. The topological polar surface area (TPSA) is 26.0 Å². The van der Waals surface area contributed by atoms with Gasteiger partial charge in [0.1, 0.15) is 0 Å². The molecule has 0 bridgehead atoms. The molecule has 1 nitrogen and oxygen atoms in total. The van der Waals surface area contributed by atoms with Crippen molar-refractivity contribution in [2.24, 2.45) is 5.73 Å². The Hall–Kier alpha value is -1.86. The molecule has 0 saturated carbocycles. The summed E-state index contributed by atoms with van der Waals surface area (Å²) in [7, 11) is 0. The van der Waals surface area contributed by atoms with Crippen LogP contribution in [0.1, 0.15) is 47.5 Å². The van der Waals surface area contributed by atoms with Crippen LogP contribution in [0, 0.1) is 0 Å². The Balaban J connectivity index is 5.91. The molecule has 0 aromatic rings. The minimum Gasteiger partial charge on any atom is -0.327 e. The molecule has 0 amide bonds. The smallest absolute Gasteiger partial charge is 0.0115 e. The van der Waals surface area contributed by atoms with E-state index in [9.17, 15) is 0 Å². The van der Waals surface area contributed by atoms with E-state index in [-0.39, 0.29) is 0 Å². The zero-order chi connectivity index (χ0) is 17.8. The SMILES string of the molecule is C=CC(/C(C)=C\C(=C\CN)C(=C/C)\C(=C)CCC)=C(C)\C=C/C. The predicted molar refractivity (Wildman–Crippen MR) is 106 cm³/mol. The van der Waals surface area contributed by atoms with Gasteiger partial charge in [0.25, 0.3) is 0 Å². The summed E-state index contributed by atoms with van der Waals surface area (Å²) in [6, 6.07) is 0. The average molecular weight is 312 g/mol. The zero-order valence-electron chi connectivity index (χ0n) is 15.6. The van der Waals surface area contributed by atoms with Crippen LogP contribution in [-0.4, -0.2) is 6.54 Å². The second kappa shape index (κ2) is 11.7. The number of hydrogen-bond donors (Lipinski definition) is 1. The van der Waals surface area contributed by atoms with Crippen LogP contribution in [0.3, 0.4) is 0 Å². The number of rotatable bonds is 9. The minimum atomic E-state index is 0.511. The van der Waals surface area contributed by atoms with E-state index in [1.54, 1.807) is 0 Å². The molecule has 0 radical (unpaired) electrons. The van der Waals surface area contributed by atoms with Crippen molar-refractivity contribution < 1.29 is 0 Å². The molecule has 1 heteroatoms. The standard InChI is InChI=1S/C22H33N/c1-8-12-17(5)21(10-3)19(7)16-20(14-15-23)22(11-4)18(6)13-9-2/h8,10-12,14,16H,3,6,9,13,15,23H2,1-2,4-5,7H3/b12-8-,19-16-,20-14-,21-17+,22-11-. The van der Waals surface area contributed by atoms with Gasteiger partial charge in [-0.1, -0.05) is 63.0 Å². The molecule has 0 heterocycles. The Morgan fingerprint density at radius 1 is 1.17 bits per heavy atom. The van der Waals surface area contributed by atoms with E-state index < -0.39 is 0 Å². The summed E-state index contributed by atoms with van der Waals surface area (Å²) in [5.41, 5.74) is 12.8. The van der Waals surface area contributed by atoms with Crippen LogP contribution < -0.4 is 5.73 Å². The molecule has 0 aliphatic carbocycles. The third kappa shape index (κ3) is 6.83. The van der Waals surface area contributed by atoms with Crippen LogP contribution in [0.2, 0.25) is 0 Å². The summed E-state index contributed by atoms with van der Waals surface area (Å²) in [4.78, 5) is 0. The lowest BCUT2D eigenvalue weighted by Gasteiger charge is -2.14. The molecular weight excluding hydrogens is 278 g/mol. The molecule has 0 aromatic heterocycles. The Morgan fingerprint density at radius 2 is 1.83 bits per heavy atom. The van der Waals surface area contributed by atoms with Crippen LogP contribution in [-0.2, 0) is 0 Å². The lowest BCUT2D eigenvalue weighted by Crippen LogP contribution is -2.00. The van der Waals surface area contributed by atoms with Crippen molar-refractivity contribution in [1.82, 2.24) is 0 Å². The zero-order valence-corrected chi connectivity index (χ0v) is 15.6. The lowest BCUT2D eigenvalue weighted by atomic mass is 9.91. The Bertz CT molecular complexity index is 563. The molecule has 0 aromatic carbocycles. The van der Waals surface area contributed by atoms with Gasteiger partial charge in [-0.25, -0.2) is 0 Å². The van der Waals surface area contributed by atoms with Gasteiger partial charge in [0.05, 0.1) is 0 Å². The molecule has 0 unspecified atom stereocenters.